The third kappa shape index (κ3) is 3.12. The third-order valence-corrected chi connectivity index (χ3v) is 4.98. The largest absolute Gasteiger partial charge is 0.331 e. The van der Waals surface area contributed by atoms with Crippen LogP contribution in [0.5, 0.6) is 0 Å². The van der Waals surface area contributed by atoms with Crippen LogP contribution in [0, 0.1) is 11.8 Å². The van der Waals surface area contributed by atoms with Crippen molar-refractivity contribution < 1.29 is 4.79 Å². The highest BCUT2D eigenvalue weighted by molar-refractivity contribution is 5.75. The van der Waals surface area contributed by atoms with Crippen LogP contribution < -0.4 is 5.32 Å². The molecule has 1 saturated heterocycles. The Hall–Kier alpha value is -1.55. The zero-order valence-corrected chi connectivity index (χ0v) is 13.9. The zero-order chi connectivity index (χ0) is 15.7. The molecule has 0 spiro atoms. The van der Waals surface area contributed by atoms with Crippen LogP contribution in [0.1, 0.15) is 30.5 Å². The van der Waals surface area contributed by atoms with E-state index < -0.39 is 0 Å². The van der Waals surface area contributed by atoms with Crippen LogP contribution in [-0.2, 0) is 6.42 Å². The summed E-state index contributed by atoms with van der Waals surface area (Å²) in [6.07, 6.45) is 2.17. The molecule has 4 heteroatoms. The number of nitrogens with one attached hydrogen (secondary N) is 1. The fraction of sp³-hybridized carbons (Fsp3) is 0.611. The molecule has 0 aromatic heterocycles. The molecule has 0 bridgehead atoms. The molecule has 22 heavy (non-hydrogen) atoms. The van der Waals surface area contributed by atoms with Crippen LogP contribution in [0.25, 0.3) is 0 Å². The minimum absolute atomic E-state index is 0.106. The van der Waals surface area contributed by atoms with E-state index in [0.29, 0.717) is 11.8 Å². The molecule has 1 heterocycles. The van der Waals surface area contributed by atoms with Gasteiger partial charge < -0.3 is 15.1 Å². The molecule has 1 aliphatic carbocycles. The molecule has 120 valence electrons. The van der Waals surface area contributed by atoms with Gasteiger partial charge in [0.1, 0.15) is 0 Å². The lowest BCUT2D eigenvalue weighted by Crippen LogP contribution is -2.41. The first-order valence-corrected chi connectivity index (χ1v) is 8.32. The van der Waals surface area contributed by atoms with Gasteiger partial charge in [-0.05, 0) is 49.9 Å². The topological polar surface area (TPSA) is 35.6 Å². The fourth-order valence-corrected chi connectivity index (χ4v) is 3.92. The maximum Gasteiger partial charge on any atom is 0.317 e. The molecule has 1 aliphatic heterocycles. The van der Waals surface area contributed by atoms with Crippen LogP contribution in [0.4, 0.5) is 4.79 Å². The lowest BCUT2D eigenvalue weighted by Gasteiger charge is -2.24. The first kappa shape index (κ1) is 15.3. The highest BCUT2D eigenvalue weighted by Crippen LogP contribution is 2.35. The first-order chi connectivity index (χ1) is 10.5. The zero-order valence-electron chi connectivity index (χ0n) is 13.9. The average molecular weight is 301 g/mol. The highest BCUT2D eigenvalue weighted by atomic mass is 16.2. The molecule has 3 atom stereocenters. The number of carbonyl (C=O) groups is 1. The van der Waals surface area contributed by atoms with Gasteiger partial charge in [0.25, 0.3) is 0 Å². The van der Waals surface area contributed by atoms with Gasteiger partial charge in [0, 0.05) is 19.6 Å². The Kier molecular flexibility index (Phi) is 4.39. The predicted molar refractivity (Wildman–Crippen MR) is 88.8 cm³/mol. The molecule has 1 fully saturated rings. The summed E-state index contributed by atoms with van der Waals surface area (Å²) in [5.74, 6) is 1.08. The summed E-state index contributed by atoms with van der Waals surface area (Å²) in [6.45, 7) is 5.05. The van der Waals surface area contributed by atoms with Crippen molar-refractivity contribution in [2.75, 3.05) is 33.7 Å². The van der Waals surface area contributed by atoms with Gasteiger partial charge in [0.15, 0.2) is 0 Å². The summed E-state index contributed by atoms with van der Waals surface area (Å²) in [7, 11) is 4.19. The van der Waals surface area contributed by atoms with Crippen molar-refractivity contribution in [1.82, 2.24) is 15.1 Å². The van der Waals surface area contributed by atoms with Crippen molar-refractivity contribution in [3.05, 3.63) is 35.4 Å². The van der Waals surface area contributed by atoms with Crippen molar-refractivity contribution in [2.45, 2.75) is 25.8 Å². The van der Waals surface area contributed by atoms with E-state index in [2.05, 4.69) is 55.5 Å². The molecule has 0 radical (unpaired) electrons. The molecule has 4 nitrogen and oxygen atoms in total. The van der Waals surface area contributed by atoms with Gasteiger partial charge in [-0.1, -0.05) is 31.2 Å². The van der Waals surface area contributed by atoms with Crippen LogP contribution in [0.2, 0.25) is 0 Å². The number of rotatable bonds is 3. The van der Waals surface area contributed by atoms with Crippen molar-refractivity contribution in [3.8, 4) is 0 Å². The van der Waals surface area contributed by atoms with Crippen LogP contribution in [0.15, 0.2) is 24.3 Å². The average Bonchev–Trinajstić information content (AvgIpc) is 3.04. The van der Waals surface area contributed by atoms with Gasteiger partial charge in [0.2, 0.25) is 0 Å². The molecular formula is C18H27N3O. The predicted octanol–water partition coefficient (Wildman–Crippen LogP) is 2.51. The summed E-state index contributed by atoms with van der Waals surface area (Å²) < 4.78 is 0. The summed E-state index contributed by atoms with van der Waals surface area (Å²) in [6, 6.07) is 8.76. The molecule has 0 saturated carbocycles. The van der Waals surface area contributed by atoms with E-state index in [0.717, 1.165) is 32.5 Å². The van der Waals surface area contributed by atoms with Crippen LogP contribution >= 0.6 is 0 Å². The molecule has 3 rings (SSSR count). The lowest BCUT2D eigenvalue weighted by molar-refractivity contribution is 0.198. The summed E-state index contributed by atoms with van der Waals surface area (Å²) >= 11 is 0. The SMILES string of the molecule is C[C@@H]1Cc2ccccc2[C@H]1NC(=O)N1CC[C@H](CN(C)C)C1. The van der Waals surface area contributed by atoms with E-state index in [-0.39, 0.29) is 12.1 Å². The van der Waals surface area contributed by atoms with Crippen molar-refractivity contribution in [3.63, 3.8) is 0 Å². The lowest BCUT2D eigenvalue weighted by atomic mass is 10.0. The molecule has 1 aromatic carbocycles. The Morgan fingerprint density at radius 1 is 1.36 bits per heavy atom. The number of likely N-dealkylation sites (tertiary alicyclic amines) is 1. The van der Waals surface area contributed by atoms with Crippen LogP contribution in [0.3, 0.4) is 0 Å². The van der Waals surface area contributed by atoms with E-state index in [1.54, 1.807) is 0 Å². The number of fused-ring (bicyclic) bond motifs is 1. The molecule has 1 N–H and O–H groups in total. The van der Waals surface area contributed by atoms with Crippen LogP contribution in [-0.4, -0.2) is 49.6 Å². The quantitative estimate of drug-likeness (QED) is 0.931. The second-order valence-corrected chi connectivity index (χ2v) is 7.17. The smallest absolute Gasteiger partial charge is 0.317 e. The van der Waals surface area contributed by atoms with Gasteiger partial charge >= 0.3 is 6.03 Å². The Morgan fingerprint density at radius 3 is 2.91 bits per heavy atom. The van der Waals surface area contributed by atoms with Crippen molar-refractivity contribution in [2.24, 2.45) is 11.8 Å². The summed E-state index contributed by atoms with van der Waals surface area (Å²) in [4.78, 5) is 16.8. The van der Waals surface area contributed by atoms with E-state index in [1.165, 1.54) is 11.1 Å². The Bertz CT molecular complexity index is 543. The second-order valence-electron chi connectivity index (χ2n) is 7.17. The monoisotopic (exact) mass is 301 g/mol. The number of amides is 2. The minimum atomic E-state index is 0.106. The number of nitrogens with zero attached hydrogens (tertiary/aromatic N) is 2. The fourth-order valence-electron chi connectivity index (χ4n) is 3.92. The number of carbonyl (C=O) groups excluding carboxylic acids is 1. The van der Waals surface area contributed by atoms with E-state index in [9.17, 15) is 4.79 Å². The van der Waals surface area contributed by atoms with Gasteiger partial charge in [-0.3, -0.25) is 0 Å². The number of benzene rings is 1. The highest BCUT2D eigenvalue weighted by Gasteiger charge is 2.33. The van der Waals surface area contributed by atoms with Crippen molar-refractivity contribution >= 4 is 6.03 Å². The molecule has 2 amide bonds. The number of hydrogen-bond acceptors (Lipinski definition) is 2. The Morgan fingerprint density at radius 2 is 2.14 bits per heavy atom. The van der Waals surface area contributed by atoms with Crippen molar-refractivity contribution in [1.29, 1.82) is 0 Å². The van der Waals surface area contributed by atoms with E-state index >= 15 is 0 Å². The van der Waals surface area contributed by atoms with E-state index in [1.807, 2.05) is 4.90 Å². The number of hydrogen-bond donors (Lipinski definition) is 1. The number of urea groups is 1. The Labute approximate surface area is 133 Å². The maximum absolute atomic E-state index is 12.6. The van der Waals surface area contributed by atoms with Gasteiger partial charge in [-0.15, -0.1) is 0 Å². The van der Waals surface area contributed by atoms with Gasteiger partial charge in [-0.2, -0.15) is 0 Å². The molecule has 1 aromatic rings. The minimum Gasteiger partial charge on any atom is -0.331 e. The molecule has 2 aliphatic rings. The molecule has 0 unspecified atom stereocenters. The second kappa shape index (κ2) is 6.29. The van der Waals surface area contributed by atoms with Gasteiger partial charge in [-0.25, -0.2) is 4.79 Å². The summed E-state index contributed by atoms with van der Waals surface area (Å²) in [5.41, 5.74) is 2.68. The standard InChI is InChI=1S/C18H27N3O/c1-13-10-15-6-4-5-7-16(15)17(13)19-18(22)21-9-8-14(12-21)11-20(2)3/h4-7,13-14,17H,8-12H2,1-3H3,(H,19,22)/t13-,14-,17+/m1/s1. The van der Waals surface area contributed by atoms with Gasteiger partial charge in [0.05, 0.1) is 6.04 Å². The maximum atomic E-state index is 12.6. The third-order valence-electron chi connectivity index (χ3n) is 4.98. The normalized spacial score (nSPS) is 27.3. The van der Waals surface area contributed by atoms with E-state index in [4.69, 9.17) is 0 Å². The Balaban J connectivity index is 1.61. The molecular weight excluding hydrogens is 274 g/mol. The summed E-state index contributed by atoms with van der Waals surface area (Å²) in [5, 5.41) is 3.27. The first-order valence-electron chi connectivity index (χ1n) is 8.32.